The summed E-state index contributed by atoms with van der Waals surface area (Å²) in [4.78, 5) is 11.8. The molecule has 0 heterocycles. The summed E-state index contributed by atoms with van der Waals surface area (Å²) in [5, 5.41) is 0. The maximum atomic E-state index is 11.8. The van der Waals surface area contributed by atoms with E-state index in [0.717, 1.165) is 25.2 Å². The van der Waals surface area contributed by atoms with Crippen LogP contribution in [0.1, 0.15) is 71.1 Å². The van der Waals surface area contributed by atoms with Crippen molar-refractivity contribution in [3.8, 4) is 0 Å². The summed E-state index contributed by atoms with van der Waals surface area (Å²) in [6.07, 6.45) is 12.4. The van der Waals surface area contributed by atoms with Crippen LogP contribution in [-0.2, 0) is 9.53 Å². The first-order valence-corrected chi connectivity index (χ1v) is 7.50. The number of carbonyl (C=O) groups excluding carboxylic acids is 1. The molecule has 2 nitrogen and oxygen atoms in total. The topological polar surface area (TPSA) is 26.3 Å². The third kappa shape index (κ3) is 3.37. The Hall–Kier alpha value is -0.790. The largest absolute Gasteiger partial charge is 0.456 e. The van der Waals surface area contributed by atoms with Gasteiger partial charge in [0.15, 0.2) is 0 Å². The van der Waals surface area contributed by atoms with Crippen molar-refractivity contribution < 1.29 is 9.53 Å². The Bertz CT molecular complexity index is 321. The van der Waals surface area contributed by atoms with E-state index in [1.54, 1.807) is 6.92 Å². The van der Waals surface area contributed by atoms with Gasteiger partial charge in [-0.2, -0.15) is 0 Å². The molecular formula is C16H26O2. The predicted molar refractivity (Wildman–Crippen MR) is 73.3 cm³/mol. The normalized spacial score (nSPS) is 32.8. The highest BCUT2D eigenvalue weighted by Gasteiger charge is 2.41. The summed E-state index contributed by atoms with van der Waals surface area (Å²) in [6.45, 7) is 5.44. The molecule has 2 atom stereocenters. The van der Waals surface area contributed by atoms with Gasteiger partial charge in [-0.15, -0.1) is 0 Å². The maximum Gasteiger partial charge on any atom is 0.333 e. The Kier molecular flexibility index (Phi) is 4.47. The van der Waals surface area contributed by atoms with Gasteiger partial charge in [0.1, 0.15) is 5.60 Å². The summed E-state index contributed by atoms with van der Waals surface area (Å²) in [7, 11) is 0. The van der Waals surface area contributed by atoms with E-state index in [2.05, 4.69) is 6.58 Å². The molecule has 0 amide bonds. The van der Waals surface area contributed by atoms with Crippen molar-refractivity contribution in [1.82, 2.24) is 0 Å². The van der Waals surface area contributed by atoms with Crippen LogP contribution in [0.3, 0.4) is 0 Å². The van der Waals surface area contributed by atoms with Crippen molar-refractivity contribution in [2.45, 2.75) is 76.7 Å². The fraction of sp³-hybridized carbons (Fsp3) is 0.812. The Morgan fingerprint density at radius 1 is 1.11 bits per heavy atom. The van der Waals surface area contributed by atoms with Crippen LogP contribution < -0.4 is 0 Å². The van der Waals surface area contributed by atoms with Gasteiger partial charge in [-0.1, -0.05) is 38.7 Å². The van der Waals surface area contributed by atoms with Gasteiger partial charge in [0, 0.05) is 5.57 Å². The summed E-state index contributed by atoms with van der Waals surface area (Å²) in [5.41, 5.74) is 0.378. The second-order valence-electron chi connectivity index (χ2n) is 6.27. The monoisotopic (exact) mass is 250 g/mol. The lowest BCUT2D eigenvalue weighted by Crippen LogP contribution is -2.33. The third-order valence-electron chi connectivity index (χ3n) is 4.57. The van der Waals surface area contributed by atoms with Crippen molar-refractivity contribution in [3.63, 3.8) is 0 Å². The van der Waals surface area contributed by atoms with E-state index in [9.17, 15) is 4.79 Å². The van der Waals surface area contributed by atoms with E-state index in [0.29, 0.717) is 5.57 Å². The smallest absolute Gasteiger partial charge is 0.333 e. The quantitative estimate of drug-likeness (QED) is 0.536. The van der Waals surface area contributed by atoms with Crippen molar-refractivity contribution in [3.05, 3.63) is 12.2 Å². The number of fused-ring (bicyclic) bond motifs is 2. The predicted octanol–water partition coefficient (Wildman–Crippen LogP) is 4.39. The number of carbonyl (C=O) groups is 1. The molecule has 0 aromatic carbocycles. The van der Waals surface area contributed by atoms with Crippen LogP contribution in [0.15, 0.2) is 12.2 Å². The lowest BCUT2D eigenvalue weighted by molar-refractivity contribution is -0.155. The molecule has 0 radical (unpaired) electrons. The Labute approximate surface area is 111 Å². The lowest BCUT2D eigenvalue weighted by Gasteiger charge is -2.30. The first kappa shape index (κ1) is 13.6. The minimum atomic E-state index is -0.187. The number of rotatable bonds is 2. The van der Waals surface area contributed by atoms with Gasteiger partial charge in [0.25, 0.3) is 0 Å². The average Bonchev–Trinajstić information content (AvgIpc) is 2.70. The minimum Gasteiger partial charge on any atom is -0.456 e. The highest BCUT2D eigenvalue weighted by molar-refractivity contribution is 5.87. The molecule has 0 aromatic heterocycles. The minimum absolute atomic E-state index is 0.155. The number of ether oxygens (including phenoxy) is 1. The summed E-state index contributed by atoms with van der Waals surface area (Å²) < 4.78 is 5.82. The zero-order chi connectivity index (χ0) is 13.0. The van der Waals surface area contributed by atoms with Gasteiger partial charge in [-0.05, 0) is 44.9 Å². The molecule has 0 N–H and O–H groups in total. The molecule has 2 saturated carbocycles. The summed E-state index contributed by atoms with van der Waals surface area (Å²) in [6, 6.07) is 0. The first-order valence-electron chi connectivity index (χ1n) is 7.50. The lowest BCUT2D eigenvalue weighted by atomic mass is 9.89. The molecule has 2 aliphatic carbocycles. The van der Waals surface area contributed by atoms with Gasteiger partial charge in [0.05, 0.1) is 0 Å². The molecule has 102 valence electrons. The second-order valence-corrected chi connectivity index (χ2v) is 6.27. The van der Waals surface area contributed by atoms with Crippen LogP contribution in [0.5, 0.6) is 0 Å². The van der Waals surface area contributed by atoms with E-state index < -0.39 is 0 Å². The number of esters is 1. The highest BCUT2D eigenvalue weighted by atomic mass is 16.6. The Morgan fingerprint density at radius 3 is 2.61 bits per heavy atom. The average molecular weight is 250 g/mol. The van der Waals surface area contributed by atoms with Crippen LogP contribution >= 0.6 is 0 Å². The second kappa shape index (κ2) is 5.90. The standard InChI is InChI=1S/C16H26O2/c1-13(2)15(17)18-16-10-7-5-3-4-6-8-14(12-16)9-11-16/h14H,1,3-12H2,2H3. The molecular weight excluding hydrogens is 224 g/mol. The van der Waals surface area contributed by atoms with E-state index >= 15 is 0 Å². The Balaban J connectivity index is 2.02. The Morgan fingerprint density at radius 2 is 1.83 bits per heavy atom. The van der Waals surface area contributed by atoms with Crippen LogP contribution in [0, 0.1) is 5.92 Å². The molecule has 2 rings (SSSR count). The number of hydrogen-bond acceptors (Lipinski definition) is 2. The van der Waals surface area contributed by atoms with E-state index in [1.165, 1.54) is 44.9 Å². The van der Waals surface area contributed by atoms with Gasteiger partial charge in [-0.3, -0.25) is 0 Å². The molecule has 18 heavy (non-hydrogen) atoms. The molecule has 2 fully saturated rings. The zero-order valence-electron chi connectivity index (χ0n) is 11.7. The molecule has 0 saturated heterocycles. The fourth-order valence-corrected chi connectivity index (χ4v) is 3.51. The van der Waals surface area contributed by atoms with Crippen molar-refractivity contribution in [2.75, 3.05) is 0 Å². The van der Waals surface area contributed by atoms with Crippen molar-refractivity contribution in [2.24, 2.45) is 5.92 Å². The SMILES string of the molecule is C=C(C)C(=O)OC12CCCCCCCC(CC1)C2. The van der Waals surface area contributed by atoms with E-state index in [1.807, 2.05) is 0 Å². The maximum absolute atomic E-state index is 11.8. The first-order chi connectivity index (χ1) is 8.61. The van der Waals surface area contributed by atoms with Crippen LogP contribution in [0.25, 0.3) is 0 Å². The molecule has 2 unspecified atom stereocenters. The zero-order valence-corrected chi connectivity index (χ0v) is 11.7. The summed E-state index contributed by atoms with van der Waals surface area (Å²) >= 11 is 0. The van der Waals surface area contributed by atoms with Gasteiger partial charge < -0.3 is 4.74 Å². The van der Waals surface area contributed by atoms with E-state index in [-0.39, 0.29) is 11.6 Å². The number of hydrogen-bond donors (Lipinski definition) is 0. The van der Waals surface area contributed by atoms with E-state index in [4.69, 9.17) is 4.74 Å². The molecule has 2 aliphatic rings. The van der Waals surface area contributed by atoms with Gasteiger partial charge in [-0.25, -0.2) is 4.79 Å². The molecule has 2 bridgehead atoms. The fourth-order valence-electron chi connectivity index (χ4n) is 3.51. The van der Waals surface area contributed by atoms with Crippen molar-refractivity contribution >= 4 is 5.97 Å². The van der Waals surface area contributed by atoms with Crippen LogP contribution in [-0.4, -0.2) is 11.6 Å². The summed E-state index contributed by atoms with van der Waals surface area (Å²) in [5.74, 6) is 0.591. The molecule has 2 heteroatoms. The highest BCUT2D eigenvalue weighted by Crippen LogP contribution is 2.44. The molecule has 0 spiro atoms. The molecule has 0 aliphatic heterocycles. The van der Waals surface area contributed by atoms with Gasteiger partial charge in [0.2, 0.25) is 0 Å². The van der Waals surface area contributed by atoms with Crippen molar-refractivity contribution in [1.29, 1.82) is 0 Å². The van der Waals surface area contributed by atoms with Crippen LogP contribution in [0.2, 0.25) is 0 Å². The van der Waals surface area contributed by atoms with Crippen LogP contribution in [0.4, 0.5) is 0 Å². The third-order valence-corrected chi connectivity index (χ3v) is 4.57. The molecule has 0 aromatic rings. The van der Waals surface area contributed by atoms with Gasteiger partial charge >= 0.3 is 5.97 Å².